The molecule has 1 N–H and O–H groups in total. The molecule has 1 rings (SSSR count). The summed E-state index contributed by atoms with van der Waals surface area (Å²) in [5, 5.41) is 18.1. The normalized spacial score (nSPS) is 11.7. The third kappa shape index (κ3) is 5.68. The summed E-state index contributed by atoms with van der Waals surface area (Å²) >= 11 is 0. The van der Waals surface area contributed by atoms with Gasteiger partial charge in [-0.1, -0.05) is 20.8 Å². The van der Waals surface area contributed by atoms with Crippen LogP contribution in [0.15, 0.2) is 18.2 Å². The van der Waals surface area contributed by atoms with Crippen molar-refractivity contribution in [3.05, 3.63) is 35.1 Å². The van der Waals surface area contributed by atoms with Gasteiger partial charge in [-0.25, -0.2) is 4.39 Å². The molecule has 0 amide bonds. The summed E-state index contributed by atoms with van der Waals surface area (Å²) in [6.45, 7) is 8.62. The van der Waals surface area contributed by atoms with E-state index >= 15 is 0 Å². The van der Waals surface area contributed by atoms with Crippen LogP contribution < -0.4 is 0 Å². The smallest absolute Gasteiger partial charge is 0.123 e. The van der Waals surface area contributed by atoms with E-state index in [1.54, 1.807) is 0 Å². The predicted octanol–water partition coefficient (Wildman–Crippen LogP) is 2.93. The van der Waals surface area contributed by atoms with E-state index in [1.165, 1.54) is 18.2 Å². The zero-order chi connectivity index (χ0) is 15.2. The minimum Gasteiger partial charge on any atom is -0.396 e. The third-order valence-corrected chi connectivity index (χ3v) is 2.91. The van der Waals surface area contributed by atoms with Crippen LogP contribution in [0.4, 0.5) is 4.39 Å². The first-order chi connectivity index (χ1) is 9.35. The Hall–Kier alpha value is -1.44. The van der Waals surface area contributed by atoms with Crippen LogP contribution in [0.2, 0.25) is 0 Å². The molecule has 0 saturated carbocycles. The first-order valence-corrected chi connectivity index (χ1v) is 6.87. The predicted molar refractivity (Wildman–Crippen MR) is 77.5 cm³/mol. The van der Waals surface area contributed by atoms with Crippen molar-refractivity contribution in [3.63, 3.8) is 0 Å². The van der Waals surface area contributed by atoms with Crippen LogP contribution in [0.25, 0.3) is 0 Å². The fourth-order valence-corrected chi connectivity index (χ4v) is 2.22. The van der Waals surface area contributed by atoms with Crippen molar-refractivity contribution in [3.8, 4) is 6.07 Å². The van der Waals surface area contributed by atoms with Crippen LogP contribution in [0.3, 0.4) is 0 Å². The molecular formula is C16H23FN2O. The van der Waals surface area contributed by atoms with Gasteiger partial charge >= 0.3 is 0 Å². The summed E-state index contributed by atoms with van der Waals surface area (Å²) in [6, 6.07) is 6.36. The molecule has 0 aliphatic rings. The summed E-state index contributed by atoms with van der Waals surface area (Å²) in [5.41, 5.74) is 1.32. The first-order valence-electron chi connectivity index (χ1n) is 6.87. The number of aliphatic hydroxyl groups excluding tert-OH is 1. The Morgan fingerprint density at radius 3 is 2.60 bits per heavy atom. The fourth-order valence-electron chi connectivity index (χ4n) is 2.22. The Kier molecular flexibility index (Phi) is 6.12. The van der Waals surface area contributed by atoms with Crippen molar-refractivity contribution in [2.24, 2.45) is 5.41 Å². The van der Waals surface area contributed by atoms with E-state index in [9.17, 15) is 4.39 Å². The minimum absolute atomic E-state index is 0.107. The number of aliphatic hydroxyl groups is 1. The van der Waals surface area contributed by atoms with Crippen molar-refractivity contribution in [2.75, 3.05) is 19.7 Å². The fraction of sp³-hybridized carbons (Fsp3) is 0.562. The number of rotatable bonds is 6. The number of nitrogens with zero attached hydrogens (tertiary/aromatic N) is 2. The molecule has 0 radical (unpaired) electrons. The van der Waals surface area contributed by atoms with Crippen molar-refractivity contribution < 1.29 is 9.50 Å². The van der Waals surface area contributed by atoms with Gasteiger partial charge in [0.05, 0.1) is 11.6 Å². The molecule has 0 heterocycles. The first kappa shape index (κ1) is 16.6. The van der Waals surface area contributed by atoms with Gasteiger partial charge in [0, 0.05) is 26.2 Å². The molecule has 110 valence electrons. The summed E-state index contributed by atoms with van der Waals surface area (Å²) < 4.78 is 13.4. The van der Waals surface area contributed by atoms with Crippen LogP contribution in [0.5, 0.6) is 0 Å². The van der Waals surface area contributed by atoms with Gasteiger partial charge in [-0.2, -0.15) is 5.26 Å². The van der Waals surface area contributed by atoms with Crippen molar-refractivity contribution in [1.82, 2.24) is 4.90 Å². The number of benzene rings is 1. The van der Waals surface area contributed by atoms with E-state index in [0.717, 1.165) is 13.1 Å². The molecule has 4 heteroatoms. The molecule has 0 bridgehead atoms. The summed E-state index contributed by atoms with van der Waals surface area (Å²) in [4.78, 5) is 2.16. The van der Waals surface area contributed by atoms with Crippen molar-refractivity contribution in [1.29, 1.82) is 5.26 Å². The number of hydrogen-bond donors (Lipinski definition) is 1. The highest BCUT2D eigenvalue weighted by Gasteiger charge is 2.17. The third-order valence-electron chi connectivity index (χ3n) is 2.91. The monoisotopic (exact) mass is 278 g/mol. The summed E-state index contributed by atoms with van der Waals surface area (Å²) in [7, 11) is 0. The van der Waals surface area contributed by atoms with Gasteiger partial charge in [0.25, 0.3) is 0 Å². The Labute approximate surface area is 120 Å². The van der Waals surface area contributed by atoms with Crippen molar-refractivity contribution >= 4 is 0 Å². The second-order valence-corrected chi connectivity index (χ2v) is 6.26. The maximum atomic E-state index is 13.4. The van der Waals surface area contributed by atoms with Crippen LogP contribution in [0.1, 0.15) is 38.3 Å². The number of halogens is 1. The lowest BCUT2D eigenvalue weighted by molar-refractivity contribution is 0.166. The Morgan fingerprint density at radius 2 is 2.05 bits per heavy atom. The molecule has 0 fully saturated rings. The Morgan fingerprint density at radius 1 is 1.35 bits per heavy atom. The molecule has 0 atom stereocenters. The zero-order valence-corrected chi connectivity index (χ0v) is 12.5. The largest absolute Gasteiger partial charge is 0.396 e. The molecule has 1 aromatic carbocycles. The van der Waals surface area contributed by atoms with E-state index in [1.807, 2.05) is 0 Å². The van der Waals surface area contributed by atoms with Crippen LogP contribution in [0, 0.1) is 22.6 Å². The Balaban J connectivity index is 2.88. The molecule has 0 aromatic heterocycles. The lowest BCUT2D eigenvalue weighted by Gasteiger charge is -2.30. The van der Waals surface area contributed by atoms with Crippen molar-refractivity contribution in [2.45, 2.75) is 33.7 Å². The van der Waals surface area contributed by atoms with Gasteiger partial charge < -0.3 is 5.11 Å². The van der Waals surface area contributed by atoms with Crippen LogP contribution in [-0.2, 0) is 6.54 Å². The maximum absolute atomic E-state index is 13.4. The van der Waals surface area contributed by atoms with Gasteiger partial charge in [-0.3, -0.25) is 4.90 Å². The summed E-state index contributed by atoms with van der Waals surface area (Å²) in [6.07, 6.45) is 0.674. The lowest BCUT2D eigenvalue weighted by Crippen LogP contribution is -2.33. The summed E-state index contributed by atoms with van der Waals surface area (Å²) in [5.74, 6) is -0.322. The average molecular weight is 278 g/mol. The zero-order valence-electron chi connectivity index (χ0n) is 12.5. The molecule has 0 spiro atoms. The molecule has 20 heavy (non-hydrogen) atoms. The number of nitriles is 1. The quantitative estimate of drug-likeness (QED) is 0.870. The molecule has 1 aromatic rings. The number of hydrogen-bond acceptors (Lipinski definition) is 3. The average Bonchev–Trinajstić information content (AvgIpc) is 2.34. The van der Waals surface area contributed by atoms with Gasteiger partial charge in [0.15, 0.2) is 0 Å². The molecule has 3 nitrogen and oxygen atoms in total. The van der Waals surface area contributed by atoms with Gasteiger partial charge in [-0.05, 0) is 35.6 Å². The van der Waals surface area contributed by atoms with Crippen LogP contribution in [-0.4, -0.2) is 29.7 Å². The standard InChI is InChI=1S/C16H23FN2O/c1-16(2,3)12-19(7-4-8-20)11-14-9-15(17)6-5-13(14)10-18/h5-6,9,20H,4,7-8,11-12H2,1-3H3. The minimum atomic E-state index is -0.322. The molecule has 0 unspecified atom stereocenters. The van der Waals surface area contributed by atoms with E-state index in [-0.39, 0.29) is 17.8 Å². The molecular weight excluding hydrogens is 255 g/mol. The van der Waals surface area contributed by atoms with E-state index in [4.69, 9.17) is 10.4 Å². The molecule has 0 aliphatic carbocycles. The highest BCUT2D eigenvalue weighted by Crippen LogP contribution is 2.19. The Bertz CT molecular complexity index is 474. The second-order valence-electron chi connectivity index (χ2n) is 6.26. The van der Waals surface area contributed by atoms with E-state index in [0.29, 0.717) is 24.1 Å². The SMILES string of the molecule is CC(C)(C)CN(CCCO)Cc1cc(F)ccc1C#N. The lowest BCUT2D eigenvalue weighted by atomic mass is 9.95. The molecule has 0 saturated heterocycles. The van der Waals surface area contributed by atoms with Gasteiger partial charge in [0.1, 0.15) is 5.82 Å². The van der Waals surface area contributed by atoms with Gasteiger partial charge in [-0.15, -0.1) is 0 Å². The second kappa shape index (κ2) is 7.37. The van der Waals surface area contributed by atoms with E-state index < -0.39 is 0 Å². The maximum Gasteiger partial charge on any atom is 0.123 e. The highest BCUT2D eigenvalue weighted by atomic mass is 19.1. The highest BCUT2D eigenvalue weighted by molar-refractivity contribution is 5.37. The molecule has 0 aliphatic heterocycles. The topological polar surface area (TPSA) is 47.3 Å². The van der Waals surface area contributed by atoms with E-state index in [2.05, 4.69) is 31.7 Å². The van der Waals surface area contributed by atoms with Crippen LogP contribution >= 0.6 is 0 Å². The van der Waals surface area contributed by atoms with Gasteiger partial charge in [0.2, 0.25) is 0 Å².